The van der Waals surface area contributed by atoms with Crippen molar-refractivity contribution in [2.24, 2.45) is 13.0 Å². The van der Waals surface area contributed by atoms with Crippen molar-refractivity contribution >= 4 is 42.1 Å². The SMILES string of the molecule is Cl.Cl.Cn1cc([C@H]2CNC[C@@H]2C(=O)Nc2ccccc2N2CCCCC2)cn1. The van der Waals surface area contributed by atoms with Crippen molar-refractivity contribution in [3.63, 3.8) is 0 Å². The van der Waals surface area contributed by atoms with Gasteiger partial charge in [0.15, 0.2) is 0 Å². The Labute approximate surface area is 178 Å². The van der Waals surface area contributed by atoms with Crippen LogP contribution >= 0.6 is 24.8 Å². The van der Waals surface area contributed by atoms with Gasteiger partial charge in [-0.2, -0.15) is 5.10 Å². The van der Waals surface area contributed by atoms with E-state index in [0.29, 0.717) is 6.54 Å². The van der Waals surface area contributed by atoms with Gasteiger partial charge in [0.1, 0.15) is 0 Å². The van der Waals surface area contributed by atoms with Crippen LogP contribution in [0.1, 0.15) is 30.7 Å². The van der Waals surface area contributed by atoms with Crippen LogP contribution in [0.25, 0.3) is 0 Å². The highest BCUT2D eigenvalue weighted by Crippen LogP contribution is 2.32. The molecule has 2 aliphatic heterocycles. The number of carbonyl (C=O) groups is 1. The third kappa shape index (κ3) is 4.80. The van der Waals surface area contributed by atoms with E-state index in [0.717, 1.165) is 36.6 Å². The second kappa shape index (κ2) is 10.1. The zero-order chi connectivity index (χ0) is 17.9. The van der Waals surface area contributed by atoms with Gasteiger partial charge in [-0.3, -0.25) is 9.48 Å². The molecule has 2 fully saturated rings. The van der Waals surface area contributed by atoms with E-state index in [9.17, 15) is 4.79 Å². The Morgan fingerprint density at radius 1 is 1.14 bits per heavy atom. The molecule has 0 bridgehead atoms. The van der Waals surface area contributed by atoms with Crippen LogP contribution in [0.5, 0.6) is 0 Å². The summed E-state index contributed by atoms with van der Waals surface area (Å²) in [6.45, 7) is 3.65. The molecule has 0 saturated carbocycles. The molecule has 2 saturated heterocycles. The molecule has 1 aromatic heterocycles. The van der Waals surface area contributed by atoms with Crippen LogP contribution in [0.15, 0.2) is 36.7 Å². The molecule has 0 radical (unpaired) electrons. The molecular weight excluding hydrogens is 397 g/mol. The second-order valence-corrected chi connectivity index (χ2v) is 7.37. The minimum Gasteiger partial charge on any atom is -0.370 e. The quantitative estimate of drug-likeness (QED) is 0.789. The average Bonchev–Trinajstić information content (AvgIpc) is 3.31. The smallest absolute Gasteiger partial charge is 0.229 e. The van der Waals surface area contributed by atoms with Crippen molar-refractivity contribution in [1.29, 1.82) is 0 Å². The molecule has 2 aromatic rings. The number of halogens is 2. The Hall–Kier alpha value is -1.76. The van der Waals surface area contributed by atoms with Gasteiger partial charge in [-0.1, -0.05) is 12.1 Å². The lowest BCUT2D eigenvalue weighted by Gasteiger charge is -2.31. The maximum atomic E-state index is 13.0. The van der Waals surface area contributed by atoms with Gasteiger partial charge in [0.05, 0.1) is 23.5 Å². The Bertz CT molecular complexity index is 775. The Balaban J connectivity index is 0.00000140. The monoisotopic (exact) mass is 425 g/mol. The number of amides is 1. The van der Waals surface area contributed by atoms with Gasteiger partial charge >= 0.3 is 0 Å². The van der Waals surface area contributed by atoms with Gasteiger partial charge in [-0.25, -0.2) is 0 Å². The van der Waals surface area contributed by atoms with E-state index in [2.05, 4.69) is 32.8 Å². The largest absolute Gasteiger partial charge is 0.370 e. The molecule has 3 heterocycles. The predicted octanol–water partition coefficient (Wildman–Crippen LogP) is 3.20. The first-order valence-electron chi connectivity index (χ1n) is 9.56. The van der Waals surface area contributed by atoms with Gasteiger partial charge < -0.3 is 15.5 Å². The molecule has 4 rings (SSSR count). The van der Waals surface area contributed by atoms with Crippen LogP contribution in [0, 0.1) is 5.92 Å². The van der Waals surface area contributed by atoms with Crippen molar-refractivity contribution in [3.05, 3.63) is 42.2 Å². The fraction of sp³-hybridized carbons (Fsp3) is 0.500. The molecule has 154 valence electrons. The van der Waals surface area contributed by atoms with E-state index in [1.807, 2.05) is 31.6 Å². The summed E-state index contributed by atoms with van der Waals surface area (Å²) in [6.07, 6.45) is 7.63. The average molecular weight is 426 g/mol. The number of aromatic nitrogens is 2. The molecule has 0 aliphatic carbocycles. The maximum Gasteiger partial charge on any atom is 0.229 e. The van der Waals surface area contributed by atoms with E-state index in [4.69, 9.17) is 0 Å². The first-order valence-corrected chi connectivity index (χ1v) is 9.56. The molecule has 8 heteroatoms. The number of rotatable bonds is 4. The molecule has 28 heavy (non-hydrogen) atoms. The van der Waals surface area contributed by atoms with Crippen LogP contribution in [0.2, 0.25) is 0 Å². The number of nitrogens with zero attached hydrogens (tertiary/aromatic N) is 3. The number of hydrogen-bond donors (Lipinski definition) is 2. The van der Waals surface area contributed by atoms with Gasteiger partial charge in [0.25, 0.3) is 0 Å². The van der Waals surface area contributed by atoms with E-state index >= 15 is 0 Å². The van der Waals surface area contributed by atoms with Crippen LogP contribution in [-0.4, -0.2) is 41.9 Å². The summed E-state index contributed by atoms with van der Waals surface area (Å²) in [7, 11) is 1.91. The van der Waals surface area contributed by atoms with E-state index < -0.39 is 0 Å². The molecule has 2 aliphatic rings. The topological polar surface area (TPSA) is 62.2 Å². The zero-order valence-corrected chi connectivity index (χ0v) is 17.8. The fourth-order valence-corrected chi connectivity index (χ4v) is 4.15. The first kappa shape index (κ1) is 22.5. The number of nitrogens with one attached hydrogen (secondary N) is 2. The highest BCUT2D eigenvalue weighted by atomic mass is 35.5. The van der Waals surface area contributed by atoms with Gasteiger partial charge in [0, 0.05) is 45.3 Å². The lowest BCUT2D eigenvalue weighted by atomic mass is 9.90. The summed E-state index contributed by atoms with van der Waals surface area (Å²) in [6, 6.07) is 8.18. The summed E-state index contributed by atoms with van der Waals surface area (Å²) in [4.78, 5) is 15.4. The van der Waals surface area contributed by atoms with E-state index in [1.165, 1.54) is 19.3 Å². The molecule has 0 spiro atoms. The summed E-state index contributed by atoms with van der Waals surface area (Å²) in [5.74, 6) is 0.188. The highest BCUT2D eigenvalue weighted by molar-refractivity contribution is 5.96. The number of anilines is 2. The van der Waals surface area contributed by atoms with Gasteiger partial charge in [-0.05, 0) is 37.0 Å². The van der Waals surface area contributed by atoms with Gasteiger partial charge in [0.2, 0.25) is 5.91 Å². The van der Waals surface area contributed by atoms with Crippen LogP contribution in [-0.2, 0) is 11.8 Å². The number of carbonyl (C=O) groups excluding carboxylic acids is 1. The summed E-state index contributed by atoms with van der Waals surface area (Å²) < 4.78 is 1.80. The summed E-state index contributed by atoms with van der Waals surface area (Å²) in [5.41, 5.74) is 3.20. The van der Waals surface area contributed by atoms with E-state index in [-0.39, 0.29) is 42.6 Å². The lowest BCUT2D eigenvalue weighted by Crippen LogP contribution is -2.32. The lowest BCUT2D eigenvalue weighted by molar-refractivity contribution is -0.119. The number of para-hydroxylation sites is 2. The third-order valence-corrected chi connectivity index (χ3v) is 5.56. The number of aryl methyl sites for hydroxylation is 1. The van der Waals surface area contributed by atoms with Crippen molar-refractivity contribution in [3.8, 4) is 0 Å². The van der Waals surface area contributed by atoms with E-state index in [1.54, 1.807) is 4.68 Å². The standard InChI is InChI=1S/C20H27N5O.2ClH/c1-24-14-15(11-22-24)16-12-21-13-17(16)20(26)23-18-7-3-4-8-19(18)25-9-5-2-6-10-25;;/h3-4,7-8,11,14,16-17,21H,2,5-6,9-10,12-13H2,1H3,(H,23,26);2*1H/t16-,17+;;/m1../s1. The molecule has 6 nitrogen and oxygen atoms in total. The van der Waals surface area contributed by atoms with Crippen molar-refractivity contribution in [2.75, 3.05) is 36.4 Å². The number of piperidine rings is 1. The Morgan fingerprint density at radius 3 is 2.61 bits per heavy atom. The minimum absolute atomic E-state index is 0. The van der Waals surface area contributed by atoms with Crippen molar-refractivity contribution < 1.29 is 4.79 Å². The molecule has 1 aromatic carbocycles. The predicted molar refractivity (Wildman–Crippen MR) is 118 cm³/mol. The Morgan fingerprint density at radius 2 is 1.89 bits per heavy atom. The minimum atomic E-state index is -0.0754. The summed E-state index contributed by atoms with van der Waals surface area (Å²) in [5, 5.41) is 10.8. The molecule has 0 unspecified atom stereocenters. The number of benzene rings is 1. The second-order valence-electron chi connectivity index (χ2n) is 7.37. The third-order valence-electron chi connectivity index (χ3n) is 5.56. The zero-order valence-electron chi connectivity index (χ0n) is 16.1. The maximum absolute atomic E-state index is 13.0. The van der Waals surface area contributed by atoms with Crippen LogP contribution < -0.4 is 15.5 Å². The van der Waals surface area contributed by atoms with Gasteiger partial charge in [-0.15, -0.1) is 24.8 Å². The molecule has 2 atom stereocenters. The highest BCUT2D eigenvalue weighted by Gasteiger charge is 2.35. The molecular formula is C20H29Cl2N5O. The Kier molecular flexibility index (Phi) is 8.16. The summed E-state index contributed by atoms with van der Waals surface area (Å²) >= 11 is 0. The van der Waals surface area contributed by atoms with Crippen molar-refractivity contribution in [1.82, 2.24) is 15.1 Å². The fourth-order valence-electron chi connectivity index (χ4n) is 4.15. The molecule has 2 N–H and O–H groups in total. The van der Waals surface area contributed by atoms with Crippen LogP contribution in [0.3, 0.4) is 0 Å². The first-order chi connectivity index (χ1) is 12.7. The van der Waals surface area contributed by atoms with Crippen LogP contribution in [0.4, 0.5) is 11.4 Å². The normalized spacial score (nSPS) is 21.5. The number of hydrogen-bond acceptors (Lipinski definition) is 4. The van der Waals surface area contributed by atoms with Crippen molar-refractivity contribution in [2.45, 2.75) is 25.2 Å². The molecule has 1 amide bonds.